The smallest absolute Gasteiger partial charge is 0.130 e. The summed E-state index contributed by atoms with van der Waals surface area (Å²) in [5.41, 5.74) is 0.576. The van der Waals surface area contributed by atoms with Crippen molar-refractivity contribution in [3.63, 3.8) is 0 Å². The van der Waals surface area contributed by atoms with E-state index in [9.17, 15) is 8.78 Å². The Morgan fingerprint density at radius 2 is 1.89 bits per heavy atom. The summed E-state index contributed by atoms with van der Waals surface area (Å²) < 4.78 is 26.4. The molecular formula is C15H19BrF2. The maximum atomic E-state index is 13.6. The molecule has 100 valence electrons. The van der Waals surface area contributed by atoms with Crippen molar-refractivity contribution in [2.24, 2.45) is 5.92 Å². The predicted molar refractivity (Wildman–Crippen MR) is 73.8 cm³/mol. The van der Waals surface area contributed by atoms with Gasteiger partial charge in [-0.1, -0.05) is 54.1 Å². The molecule has 1 unspecified atom stereocenters. The van der Waals surface area contributed by atoms with E-state index in [1.807, 2.05) is 0 Å². The molecule has 1 aliphatic rings. The molecule has 1 aromatic rings. The van der Waals surface area contributed by atoms with Gasteiger partial charge in [-0.3, -0.25) is 0 Å². The molecule has 2 rings (SSSR count). The van der Waals surface area contributed by atoms with Crippen molar-refractivity contribution < 1.29 is 8.78 Å². The van der Waals surface area contributed by atoms with E-state index in [-0.39, 0.29) is 4.83 Å². The monoisotopic (exact) mass is 316 g/mol. The van der Waals surface area contributed by atoms with Crippen LogP contribution >= 0.6 is 15.9 Å². The van der Waals surface area contributed by atoms with Gasteiger partial charge in [-0.2, -0.15) is 0 Å². The first-order valence-corrected chi connectivity index (χ1v) is 7.67. The van der Waals surface area contributed by atoms with Crippen LogP contribution in [-0.2, 0) is 0 Å². The van der Waals surface area contributed by atoms with Crippen molar-refractivity contribution in [3.8, 4) is 0 Å². The van der Waals surface area contributed by atoms with Crippen LogP contribution in [0.4, 0.5) is 8.78 Å². The average molecular weight is 317 g/mol. The van der Waals surface area contributed by atoms with Crippen LogP contribution in [0, 0.1) is 17.6 Å². The van der Waals surface area contributed by atoms with Crippen molar-refractivity contribution in [1.82, 2.24) is 0 Å². The minimum atomic E-state index is -0.511. The Labute approximate surface area is 116 Å². The first-order valence-electron chi connectivity index (χ1n) is 6.76. The summed E-state index contributed by atoms with van der Waals surface area (Å²) in [5.74, 6) is -0.161. The van der Waals surface area contributed by atoms with Crippen LogP contribution < -0.4 is 0 Å². The van der Waals surface area contributed by atoms with Crippen LogP contribution in [0.15, 0.2) is 18.2 Å². The van der Waals surface area contributed by atoms with Gasteiger partial charge in [0, 0.05) is 16.5 Å². The molecule has 0 nitrogen and oxygen atoms in total. The number of hydrogen-bond donors (Lipinski definition) is 0. The lowest BCUT2D eigenvalue weighted by Gasteiger charge is -2.22. The largest absolute Gasteiger partial charge is 0.207 e. The Hall–Kier alpha value is -0.440. The summed E-state index contributed by atoms with van der Waals surface area (Å²) in [4.78, 5) is 0.0000246. The molecule has 3 heteroatoms. The van der Waals surface area contributed by atoms with Gasteiger partial charge in [-0.15, -0.1) is 0 Å². The van der Waals surface area contributed by atoms with Gasteiger partial charge in [0.15, 0.2) is 0 Å². The Balaban J connectivity index is 1.88. The minimum absolute atomic E-state index is 0.0000246. The van der Waals surface area contributed by atoms with E-state index in [2.05, 4.69) is 15.9 Å². The Bertz CT molecular complexity index is 386. The highest BCUT2D eigenvalue weighted by molar-refractivity contribution is 9.09. The predicted octanol–water partition coefficient (Wildman–Crippen LogP) is 5.76. The highest BCUT2D eigenvalue weighted by Gasteiger charge is 2.18. The molecule has 0 amide bonds. The van der Waals surface area contributed by atoms with Gasteiger partial charge in [0.2, 0.25) is 0 Å². The quantitative estimate of drug-likeness (QED) is 0.619. The second kappa shape index (κ2) is 6.65. The van der Waals surface area contributed by atoms with E-state index < -0.39 is 11.6 Å². The van der Waals surface area contributed by atoms with Crippen LogP contribution in [-0.4, -0.2) is 0 Å². The van der Waals surface area contributed by atoms with Crippen molar-refractivity contribution in [3.05, 3.63) is 35.4 Å². The number of benzene rings is 1. The second-order valence-electron chi connectivity index (χ2n) is 5.21. The van der Waals surface area contributed by atoms with Gasteiger partial charge in [0.25, 0.3) is 0 Å². The number of halogens is 3. The summed E-state index contributed by atoms with van der Waals surface area (Å²) in [5, 5.41) is 0. The molecule has 0 aliphatic heterocycles. The molecule has 1 aromatic carbocycles. The Kier molecular flexibility index (Phi) is 5.16. The highest BCUT2D eigenvalue weighted by atomic mass is 79.9. The van der Waals surface area contributed by atoms with Gasteiger partial charge in [-0.25, -0.2) is 8.78 Å². The third-order valence-corrected chi connectivity index (χ3v) is 4.80. The molecule has 1 saturated carbocycles. The van der Waals surface area contributed by atoms with Crippen molar-refractivity contribution >= 4 is 15.9 Å². The molecule has 0 N–H and O–H groups in total. The van der Waals surface area contributed by atoms with Crippen LogP contribution in [0.3, 0.4) is 0 Å². The summed E-state index contributed by atoms with van der Waals surface area (Å²) in [6.07, 6.45) is 8.71. The maximum Gasteiger partial charge on any atom is 0.130 e. The molecule has 0 bridgehead atoms. The van der Waals surface area contributed by atoms with Gasteiger partial charge in [-0.05, 0) is 24.8 Å². The van der Waals surface area contributed by atoms with Crippen molar-refractivity contribution in [1.29, 1.82) is 0 Å². The molecular weight excluding hydrogens is 298 g/mol. The fourth-order valence-electron chi connectivity index (χ4n) is 2.77. The standard InChI is InChI=1S/C15H19BrF2/c16-14(9-6-11-4-2-1-3-5-11)13-8-7-12(17)10-15(13)18/h7-8,10-11,14H,1-6,9H2. The first kappa shape index (κ1) is 14.0. The molecule has 0 saturated heterocycles. The lowest BCUT2D eigenvalue weighted by molar-refractivity contribution is 0.331. The lowest BCUT2D eigenvalue weighted by Crippen LogP contribution is -2.07. The zero-order chi connectivity index (χ0) is 13.0. The number of rotatable bonds is 4. The molecule has 18 heavy (non-hydrogen) atoms. The summed E-state index contributed by atoms with van der Waals surface area (Å²) in [7, 11) is 0. The molecule has 1 atom stereocenters. The number of hydrogen-bond acceptors (Lipinski definition) is 0. The molecule has 1 aliphatic carbocycles. The van der Waals surface area contributed by atoms with Gasteiger partial charge in [0.05, 0.1) is 0 Å². The molecule has 1 fully saturated rings. The second-order valence-corrected chi connectivity index (χ2v) is 6.32. The van der Waals surface area contributed by atoms with Crippen LogP contribution in [0.1, 0.15) is 55.3 Å². The van der Waals surface area contributed by atoms with Gasteiger partial charge >= 0.3 is 0 Å². The highest BCUT2D eigenvalue weighted by Crippen LogP contribution is 2.35. The van der Waals surface area contributed by atoms with E-state index in [0.29, 0.717) is 5.56 Å². The Morgan fingerprint density at radius 3 is 2.56 bits per heavy atom. The van der Waals surface area contributed by atoms with Crippen molar-refractivity contribution in [2.75, 3.05) is 0 Å². The van der Waals surface area contributed by atoms with Gasteiger partial charge in [0.1, 0.15) is 11.6 Å². The van der Waals surface area contributed by atoms with Crippen LogP contribution in [0.5, 0.6) is 0 Å². The van der Waals surface area contributed by atoms with Crippen LogP contribution in [0.25, 0.3) is 0 Å². The zero-order valence-electron chi connectivity index (χ0n) is 10.5. The van der Waals surface area contributed by atoms with Gasteiger partial charge < -0.3 is 0 Å². The zero-order valence-corrected chi connectivity index (χ0v) is 12.1. The fourth-order valence-corrected chi connectivity index (χ4v) is 3.40. The summed E-state index contributed by atoms with van der Waals surface area (Å²) in [6.45, 7) is 0. The van der Waals surface area contributed by atoms with E-state index in [0.717, 1.165) is 24.8 Å². The lowest BCUT2D eigenvalue weighted by atomic mass is 9.85. The topological polar surface area (TPSA) is 0 Å². The summed E-state index contributed by atoms with van der Waals surface area (Å²) >= 11 is 3.53. The summed E-state index contributed by atoms with van der Waals surface area (Å²) in [6, 6.07) is 3.84. The van der Waals surface area contributed by atoms with Crippen LogP contribution in [0.2, 0.25) is 0 Å². The molecule has 0 radical (unpaired) electrons. The third kappa shape index (κ3) is 3.78. The van der Waals surface area contributed by atoms with E-state index in [4.69, 9.17) is 0 Å². The molecule has 0 spiro atoms. The number of alkyl halides is 1. The third-order valence-electron chi connectivity index (χ3n) is 3.85. The van der Waals surface area contributed by atoms with E-state index in [1.165, 1.54) is 38.2 Å². The Morgan fingerprint density at radius 1 is 1.17 bits per heavy atom. The normalized spacial score (nSPS) is 18.8. The fraction of sp³-hybridized carbons (Fsp3) is 0.600. The van der Waals surface area contributed by atoms with E-state index >= 15 is 0 Å². The first-order chi connectivity index (χ1) is 8.66. The minimum Gasteiger partial charge on any atom is -0.207 e. The molecule has 0 heterocycles. The average Bonchev–Trinajstić information content (AvgIpc) is 2.37. The molecule has 0 aromatic heterocycles. The maximum absolute atomic E-state index is 13.6. The van der Waals surface area contributed by atoms with Crippen molar-refractivity contribution in [2.45, 2.75) is 49.8 Å². The SMILES string of the molecule is Fc1ccc(C(Br)CCC2CCCCC2)c(F)c1. The van der Waals surface area contributed by atoms with E-state index in [1.54, 1.807) is 6.07 Å².